The Balaban J connectivity index is 1.81. The van der Waals surface area contributed by atoms with E-state index in [1.807, 2.05) is 57.2 Å². The number of hydrogen-bond acceptors (Lipinski definition) is 3. The Labute approximate surface area is 160 Å². The highest BCUT2D eigenvalue weighted by molar-refractivity contribution is 9.10. The zero-order valence-corrected chi connectivity index (χ0v) is 16.9. The summed E-state index contributed by atoms with van der Waals surface area (Å²) in [6.07, 6.45) is 0. The minimum Gasteiger partial charge on any atom is -0.346 e. The van der Waals surface area contributed by atoms with Gasteiger partial charge in [-0.1, -0.05) is 39.7 Å². The molecular weight excluding hydrogens is 400 g/mol. The Hall–Kier alpha value is -1.79. The number of nitrogens with one attached hydrogen (secondary N) is 2. The van der Waals surface area contributed by atoms with E-state index in [1.165, 1.54) is 11.8 Å². The molecule has 0 unspecified atom stereocenters. The molecule has 0 aliphatic carbocycles. The number of amides is 2. The lowest BCUT2D eigenvalue weighted by atomic mass is 10.1. The summed E-state index contributed by atoms with van der Waals surface area (Å²) in [4.78, 5) is 25.0. The van der Waals surface area contributed by atoms with Crippen molar-refractivity contribution in [2.75, 3.05) is 17.6 Å². The maximum Gasteiger partial charge on any atom is 0.243 e. The molecule has 0 bridgehead atoms. The number of carbonyl (C=O) groups is 2. The first-order valence-electron chi connectivity index (χ1n) is 7.88. The molecule has 25 heavy (non-hydrogen) atoms. The Morgan fingerprint density at radius 3 is 2.36 bits per heavy atom. The molecule has 0 radical (unpaired) electrons. The molecular formula is C19H21BrN2O2S. The van der Waals surface area contributed by atoms with Crippen LogP contribution in [-0.2, 0) is 9.59 Å². The van der Waals surface area contributed by atoms with Gasteiger partial charge in [0.05, 0.1) is 12.3 Å². The molecule has 0 aromatic heterocycles. The molecule has 0 spiro atoms. The van der Waals surface area contributed by atoms with E-state index in [0.717, 1.165) is 31.7 Å². The summed E-state index contributed by atoms with van der Waals surface area (Å²) in [5.41, 5.74) is 4.00. The molecule has 4 nitrogen and oxygen atoms in total. The lowest BCUT2D eigenvalue weighted by Gasteiger charge is -2.13. The van der Waals surface area contributed by atoms with Gasteiger partial charge in [-0.05, 0) is 50.1 Å². The highest BCUT2D eigenvalue weighted by Crippen LogP contribution is 2.22. The molecule has 6 heteroatoms. The van der Waals surface area contributed by atoms with Crippen molar-refractivity contribution in [2.24, 2.45) is 0 Å². The molecule has 0 saturated heterocycles. The van der Waals surface area contributed by atoms with Crippen LogP contribution in [0.1, 0.15) is 16.7 Å². The van der Waals surface area contributed by atoms with E-state index in [0.29, 0.717) is 0 Å². The molecule has 2 aromatic rings. The van der Waals surface area contributed by atoms with Gasteiger partial charge in [-0.25, -0.2) is 0 Å². The topological polar surface area (TPSA) is 58.2 Å². The molecule has 0 saturated carbocycles. The second-order valence-electron chi connectivity index (χ2n) is 5.84. The molecule has 2 N–H and O–H groups in total. The van der Waals surface area contributed by atoms with Gasteiger partial charge in [0.1, 0.15) is 0 Å². The van der Waals surface area contributed by atoms with Crippen LogP contribution in [0.5, 0.6) is 0 Å². The van der Waals surface area contributed by atoms with Crippen LogP contribution in [0.15, 0.2) is 45.8 Å². The van der Waals surface area contributed by atoms with Gasteiger partial charge in [-0.15, -0.1) is 11.8 Å². The van der Waals surface area contributed by atoms with Crippen LogP contribution in [0.3, 0.4) is 0 Å². The fourth-order valence-corrected chi connectivity index (χ4v) is 3.83. The average molecular weight is 421 g/mol. The summed E-state index contributed by atoms with van der Waals surface area (Å²) in [5.74, 6) is -0.125. The Morgan fingerprint density at radius 1 is 1.04 bits per heavy atom. The number of aryl methyl sites for hydroxylation is 3. The largest absolute Gasteiger partial charge is 0.346 e. The van der Waals surface area contributed by atoms with Gasteiger partial charge in [-0.3, -0.25) is 9.59 Å². The van der Waals surface area contributed by atoms with Crippen molar-refractivity contribution < 1.29 is 9.59 Å². The smallest absolute Gasteiger partial charge is 0.243 e. The third kappa shape index (κ3) is 6.21. The number of anilines is 1. The van der Waals surface area contributed by atoms with Gasteiger partial charge >= 0.3 is 0 Å². The standard InChI is InChI=1S/C19H21BrN2O2S/c1-12-7-13(2)19(14(3)8-12)22-17(23)10-21-18(24)11-25-16-6-4-5-15(20)9-16/h4-9H,10-11H2,1-3H3,(H,21,24)(H,22,23). The van der Waals surface area contributed by atoms with E-state index < -0.39 is 0 Å². The van der Waals surface area contributed by atoms with Gasteiger partial charge in [-0.2, -0.15) is 0 Å². The molecule has 2 rings (SSSR count). The maximum absolute atomic E-state index is 12.1. The third-order valence-corrected chi connectivity index (χ3v) is 5.04. The summed E-state index contributed by atoms with van der Waals surface area (Å²) in [6.45, 7) is 5.91. The first-order valence-corrected chi connectivity index (χ1v) is 9.66. The number of benzene rings is 2. The van der Waals surface area contributed by atoms with Crippen molar-refractivity contribution in [3.05, 3.63) is 57.6 Å². The second kappa shape index (κ2) is 9.06. The van der Waals surface area contributed by atoms with Crippen molar-refractivity contribution in [1.82, 2.24) is 5.32 Å². The van der Waals surface area contributed by atoms with E-state index in [-0.39, 0.29) is 24.1 Å². The maximum atomic E-state index is 12.1. The summed E-state index contributed by atoms with van der Waals surface area (Å²) >= 11 is 4.83. The SMILES string of the molecule is Cc1cc(C)c(NC(=O)CNC(=O)CSc2cccc(Br)c2)c(C)c1. The lowest BCUT2D eigenvalue weighted by molar-refractivity contribution is -0.122. The molecule has 0 aliphatic rings. The quantitative estimate of drug-likeness (QED) is 0.687. The minimum absolute atomic E-state index is 0.0371. The molecule has 0 heterocycles. The zero-order valence-electron chi connectivity index (χ0n) is 14.5. The third-order valence-electron chi connectivity index (χ3n) is 3.55. The first kappa shape index (κ1) is 19.5. The predicted molar refractivity (Wildman–Crippen MR) is 107 cm³/mol. The summed E-state index contributed by atoms with van der Waals surface area (Å²) in [6, 6.07) is 11.8. The molecule has 0 aliphatic heterocycles. The number of carbonyl (C=O) groups excluding carboxylic acids is 2. The molecule has 0 atom stereocenters. The van der Waals surface area contributed by atoms with E-state index in [2.05, 4.69) is 26.6 Å². The number of halogens is 1. The van der Waals surface area contributed by atoms with Crippen LogP contribution in [-0.4, -0.2) is 24.1 Å². The van der Waals surface area contributed by atoms with Gasteiger partial charge in [0, 0.05) is 15.1 Å². The second-order valence-corrected chi connectivity index (χ2v) is 7.81. The zero-order chi connectivity index (χ0) is 18.4. The van der Waals surface area contributed by atoms with Crippen molar-refractivity contribution >= 4 is 45.2 Å². The number of rotatable bonds is 6. The van der Waals surface area contributed by atoms with Crippen LogP contribution in [0.25, 0.3) is 0 Å². The number of thioether (sulfide) groups is 1. The fourth-order valence-electron chi connectivity index (χ4n) is 2.50. The first-order chi connectivity index (χ1) is 11.8. The molecule has 0 fully saturated rings. The van der Waals surface area contributed by atoms with Crippen molar-refractivity contribution in [3.63, 3.8) is 0 Å². The highest BCUT2D eigenvalue weighted by Gasteiger charge is 2.10. The van der Waals surface area contributed by atoms with E-state index >= 15 is 0 Å². The van der Waals surface area contributed by atoms with Gasteiger partial charge in [0.25, 0.3) is 0 Å². The van der Waals surface area contributed by atoms with Crippen LogP contribution in [0.2, 0.25) is 0 Å². The molecule has 2 aromatic carbocycles. The van der Waals surface area contributed by atoms with Crippen molar-refractivity contribution in [1.29, 1.82) is 0 Å². The molecule has 132 valence electrons. The average Bonchev–Trinajstić information content (AvgIpc) is 2.54. The Morgan fingerprint density at radius 2 is 1.72 bits per heavy atom. The minimum atomic E-state index is -0.226. The Kier molecular flexibility index (Phi) is 7.08. The monoisotopic (exact) mass is 420 g/mol. The highest BCUT2D eigenvalue weighted by atomic mass is 79.9. The summed E-state index contributed by atoms with van der Waals surface area (Å²) in [5, 5.41) is 5.53. The van der Waals surface area contributed by atoms with Crippen LogP contribution < -0.4 is 10.6 Å². The van der Waals surface area contributed by atoms with Crippen molar-refractivity contribution in [2.45, 2.75) is 25.7 Å². The van der Waals surface area contributed by atoms with E-state index in [9.17, 15) is 9.59 Å². The van der Waals surface area contributed by atoms with Crippen LogP contribution in [0.4, 0.5) is 5.69 Å². The van der Waals surface area contributed by atoms with E-state index in [1.54, 1.807) is 0 Å². The lowest BCUT2D eigenvalue weighted by Crippen LogP contribution is -2.34. The van der Waals surface area contributed by atoms with Gasteiger partial charge < -0.3 is 10.6 Å². The van der Waals surface area contributed by atoms with Gasteiger partial charge in [0.2, 0.25) is 11.8 Å². The normalized spacial score (nSPS) is 10.4. The molecule has 2 amide bonds. The predicted octanol–water partition coefficient (Wildman–Crippen LogP) is 4.22. The van der Waals surface area contributed by atoms with Gasteiger partial charge in [0.15, 0.2) is 0 Å². The summed E-state index contributed by atoms with van der Waals surface area (Å²) < 4.78 is 0.973. The van der Waals surface area contributed by atoms with Crippen LogP contribution >= 0.6 is 27.7 Å². The fraction of sp³-hybridized carbons (Fsp3) is 0.263. The Bertz CT molecular complexity index is 770. The summed E-state index contributed by atoms with van der Waals surface area (Å²) in [7, 11) is 0. The number of hydrogen-bond donors (Lipinski definition) is 2. The van der Waals surface area contributed by atoms with Crippen LogP contribution in [0, 0.1) is 20.8 Å². The van der Waals surface area contributed by atoms with Crippen molar-refractivity contribution in [3.8, 4) is 0 Å². The van der Waals surface area contributed by atoms with E-state index in [4.69, 9.17) is 0 Å².